The van der Waals surface area contributed by atoms with Gasteiger partial charge in [-0.1, -0.05) is 18.2 Å². The van der Waals surface area contributed by atoms with Crippen LogP contribution in [0.4, 0.5) is 0 Å². The van der Waals surface area contributed by atoms with E-state index in [2.05, 4.69) is 0 Å². The number of morpholine rings is 1. The van der Waals surface area contributed by atoms with E-state index in [-0.39, 0.29) is 18.0 Å². The first-order valence-corrected chi connectivity index (χ1v) is 7.11. The number of aryl methyl sites for hydroxylation is 1. The molecule has 2 aromatic rings. The van der Waals surface area contributed by atoms with Crippen LogP contribution in [0.15, 0.2) is 35.1 Å². The Morgan fingerprint density at radius 2 is 1.95 bits per heavy atom. The Morgan fingerprint density at radius 1 is 1.24 bits per heavy atom. The Balaban J connectivity index is 1.97. The van der Waals surface area contributed by atoms with Crippen LogP contribution in [0.3, 0.4) is 0 Å². The largest absolute Gasteiger partial charge is 0.378 e. The topological polar surface area (TPSA) is 51.5 Å². The summed E-state index contributed by atoms with van der Waals surface area (Å²) in [4.78, 5) is 26.5. The van der Waals surface area contributed by atoms with Gasteiger partial charge in [-0.05, 0) is 24.4 Å². The van der Waals surface area contributed by atoms with Crippen LogP contribution in [0.2, 0.25) is 0 Å². The molecule has 0 atom stereocenters. The van der Waals surface area contributed by atoms with Gasteiger partial charge in [0, 0.05) is 18.7 Å². The third-order valence-electron chi connectivity index (χ3n) is 3.84. The highest BCUT2D eigenvalue weighted by Gasteiger charge is 2.18. The molecule has 0 bridgehead atoms. The lowest BCUT2D eigenvalue weighted by Crippen LogP contribution is -2.43. The fourth-order valence-electron chi connectivity index (χ4n) is 2.68. The van der Waals surface area contributed by atoms with Crippen LogP contribution in [0.25, 0.3) is 10.9 Å². The molecule has 1 fully saturated rings. The standard InChI is InChI=1S/C16H18N2O3/c1-12-10-13-4-2-3-5-14(13)18(16(12)20)11-15(19)17-6-8-21-9-7-17/h2-5,10H,6-9,11H2,1H3. The molecule has 0 saturated carbocycles. The van der Waals surface area contributed by atoms with Crippen molar-refractivity contribution in [2.75, 3.05) is 26.3 Å². The van der Waals surface area contributed by atoms with Crippen molar-refractivity contribution in [2.45, 2.75) is 13.5 Å². The first-order valence-electron chi connectivity index (χ1n) is 7.11. The molecule has 1 saturated heterocycles. The maximum Gasteiger partial charge on any atom is 0.254 e. The van der Waals surface area contributed by atoms with Crippen LogP contribution < -0.4 is 5.56 Å². The molecule has 1 amide bonds. The van der Waals surface area contributed by atoms with E-state index in [1.54, 1.807) is 16.4 Å². The number of para-hydroxylation sites is 1. The molecule has 0 aliphatic carbocycles. The number of benzene rings is 1. The van der Waals surface area contributed by atoms with Gasteiger partial charge in [0.25, 0.3) is 5.56 Å². The molecule has 2 heterocycles. The molecular weight excluding hydrogens is 268 g/mol. The fourth-order valence-corrected chi connectivity index (χ4v) is 2.68. The summed E-state index contributed by atoms with van der Waals surface area (Å²) < 4.78 is 6.82. The second kappa shape index (κ2) is 5.69. The summed E-state index contributed by atoms with van der Waals surface area (Å²) in [5.41, 5.74) is 1.36. The van der Waals surface area contributed by atoms with Gasteiger partial charge in [0.15, 0.2) is 0 Å². The quantitative estimate of drug-likeness (QED) is 0.832. The van der Waals surface area contributed by atoms with E-state index in [9.17, 15) is 9.59 Å². The van der Waals surface area contributed by atoms with Gasteiger partial charge in [-0.25, -0.2) is 0 Å². The molecule has 0 radical (unpaired) electrons. The van der Waals surface area contributed by atoms with Gasteiger partial charge in [-0.3, -0.25) is 14.2 Å². The molecule has 5 heteroatoms. The predicted molar refractivity (Wildman–Crippen MR) is 80.3 cm³/mol. The van der Waals surface area contributed by atoms with Crippen molar-refractivity contribution >= 4 is 16.8 Å². The molecule has 0 N–H and O–H groups in total. The van der Waals surface area contributed by atoms with Crippen molar-refractivity contribution in [2.24, 2.45) is 0 Å². The van der Waals surface area contributed by atoms with E-state index < -0.39 is 0 Å². The minimum atomic E-state index is -0.102. The smallest absolute Gasteiger partial charge is 0.254 e. The van der Waals surface area contributed by atoms with Gasteiger partial charge in [0.05, 0.1) is 18.7 Å². The van der Waals surface area contributed by atoms with Gasteiger partial charge in [-0.15, -0.1) is 0 Å². The minimum absolute atomic E-state index is 0.0313. The third kappa shape index (κ3) is 2.69. The minimum Gasteiger partial charge on any atom is -0.378 e. The summed E-state index contributed by atoms with van der Waals surface area (Å²) >= 11 is 0. The summed E-state index contributed by atoms with van der Waals surface area (Å²) in [5.74, 6) is -0.0313. The van der Waals surface area contributed by atoms with Gasteiger partial charge in [-0.2, -0.15) is 0 Å². The summed E-state index contributed by atoms with van der Waals surface area (Å²) in [7, 11) is 0. The number of ether oxygens (including phenoxy) is 1. The average Bonchev–Trinajstić information content (AvgIpc) is 2.52. The van der Waals surface area contributed by atoms with Crippen molar-refractivity contribution in [1.82, 2.24) is 9.47 Å². The van der Waals surface area contributed by atoms with Gasteiger partial charge < -0.3 is 9.64 Å². The Morgan fingerprint density at radius 3 is 2.71 bits per heavy atom. The van der Waals surface area contributed by atoms with Crippen molar-refractivity contribution in [3.8, 4) is 0 Å². The molecule has 0 spiro atoms. The molecule has 1 aromatic carbocycles. The van der Waals surface area contributed by atoms with Crippen molar-refractivity contribution in [3.63, 3.8) is 0 Å². The van der Waals surface area contributed by atoms with Crippen LogP contribution in [-0.2, 0) is 16.1 Å². The van der Waals surface area contributed by atoms with Crippen molar-refractivity contribution < 1.29 is 9.53 Å². The number of rotatable bonds is 2. The average molecular weight is 286 g/mol. The summed E-state index contributed by atoms with van der Waals surface area (Å²) in [6.45, 7) is 4.19. The van der Waals surface area contributed by atoms with Crippen LogP contribution in [-0.4, -0.2) is 41.7 Å². The number of amides is 1. The maximum absolute atomic E-state index is 12.4. The Labute approximate surface area is 122 Å². The van der Waals surface area contributed by atoms with Crippen molar-refractivity contribution in [3.05, 3.63) is 46.2 Å². The molecule has 0 unspecified atom stereocenters. The second-order valence-electron chi connectivity index (χ2n) is 5.27. The fraction of sp³-hybridized carbons (Fsp3) is 0.375. The predicted octanol–water partition coefficient (Wildman–Crippen LogP) is 1.17. The highest BCUT2D eigenvalue weighted by Crippen LogP contribution is 2.13. The van der Waals surface area contributed by atoms with E-state index in [1.165, 1.54) is 0 Å². The molecule has 21 heavy (non-hydrogen) atoms. The lowest BCUT2D eigenvalue weighted by molar-refractivity contribution is -0.135. The first-order chi connectivity index (χ1) is 10.2. The molecule has 110 valence electrons. The lowest BCUT2D eigenvalue weighted by atomic mass is 10.1. The highest BCUT2D eigenvalue weighted by atomic mass is 16.5. The number of carbonyl (C=O) groups excluding carboxylic acids is 1. The number of aromatic nitrogens is 1. The van der Waals surface area contributed by atoms with Gasteiger partial charge in [0.2, 0.25) is 5.91 Å². The van der Waals surface area contributed by atoms with Crippen LogP contribution >= 0.6 is 0 Å². The normalized spacial score (nSPS) is 15.4. The lowest BCUT2D eigenvalue weighted by Gasteiger charge is -2.27. The summed E-state index contributed by atoms with van der Waals surface area (Å²) in [6.07, 6.45) is 0. The molecule has 5 nitrogen and oxygen atoms in total. The second-order valence-corrected chi connectivity index (χ2v) is 5.27. The SMILES string of the molecule is Cc1cc2ccccc2n(CC(=O)N2CCOCC2)c1=O. The van der Waals surface area contributed by atoms with Crippen LogP contribution in [0.1, 0.15) is 5.56 Å². The van der Waals surface area contributed by atoms with Gasteiger partial charge in [0.1, 0.15) is 6.54 Å². The third-order valence-corrected chi connectivity index (χ3v) is 3.84. The van der Waals surface area contributed by atoms with E-state index in [0.717, 1.165) is 10.9 Å². The summed E-state index contributed by atoms with van der Waals surface area (Å²) in [6, 6.07) is 9.51. The van der Waals surface area contributed by atoms with Gasteiger partial charge >= 0.3 is 0 Å². The first kappa shape index (κ1) is 13.8. The Bertz CT molecular complexity index is 730. The highest BCUT2D eigenvalue weighted by molar-refractivity contribution is 5.82. The Kier molecular flexibility index (Phi) is 3.75. The molecular formula is C16H18N2O3. The molecule has 1 aromatic heterocycles. The van der Waals surface area contributed by atoms with E-state index in [4.69, 9.17) is 4.74 Å². The van der Waals surface area contributed by atoms with Crippen LogP contribution in [0.5, 0.6) is 0 Å². The molecule has 1 aliphatic heterocycles. The van der Waals surface area contributed by atoms with Crippen LogP contribution in [0, 0.1) is 6.92 Å². The number of hydrogen-bond donors (Lipinski definition) is 0. The van der Waals surface area contributed by atoms with Crippen molar-refractivity contribution in [1.29, 1.82) is 0 Å². The van der Waals surface area contributed by atoms with E-state index in [0.29, 0.717) is 31.9 Å². The zero-order valence-corrected chi connectivity index (χ0v) is 12.0. The number of hydrogen-bond acceptors (Lipinski definition) is 3. The summed E-state index contributed by atoms with van der Waals surface area (Å²) in [5, 5.41) is 0.976. The zero-order valence-electron chi connectivity index (χ0n) is 12.0. The molecule has 3 rings (SSSR count). The van der Waals surface area contributed by atoms with E-state index >= 15 is 0 Å². The molecule has 1 aliphatic rings. The number of carbonyl (C=O) groups is 1. The maximum atomic E-state index is 12.4. The zero-order chi connectivity index (χ0) is 14.8. The monoisotopic (exact) mass is 286 g/mol. The Hall–Kier alpha value is -2.14. The number of pyridine rings is 1. The number of fused-ring (bicyclic) bond motifs is 1. The number of nitrogens with zero attached hydrogens (tertiary/aromatic N) is 2. The van der Waals surface area contributed by atoms with E-state index in [1.807, 2.05) is 30.3 Å².